The molecule has 1 N–H and O–H groups in total. The first-order valence-corrected chi connectivity index (χ1v) is 8.75. The van der Waals surface area contributed by atoms with Gasteiger partial charge in [0.05, 0.1) is 10.4 Å². The highest BCUT2D eigenvalue weighted by molar-refractivity contribution is 7.16. The monoisotopic (exact) mass is 360 g/mol. The molecular formula is C15H15Cl3N2S. The number of hydrogen-bond acceptors (Lipinski definition) is 3. The summed E-state index contributed by atoms with van der Waals surface area (Å²) in [5.41, 5.74) is 1.08. The van der Waals surface area contributed by atoms with Gasteiger partial charge in [-0.05, 0) is 29.8 Å². The number of nitrogens with zero attached hydrogens (tertiary/aromatic N) is 1. The van der Waals surface area contributed by atoms with Crippen LogP contribution in [0.4, 0.5) is 0 Å². The topological polar surface area (TPSA) is 15.3 Å². The lowest BCUT2D eigenvalue weighted by atomic mass is 10.0. The summed E-state index contributed by atoms with van der Waals surface area (Å²) in [5, 5.41) is 4.75. The van der Waals surface area contributed by atoms with Crippen LogP contribution in [0.1, 0.15) is 16.5 Å². The van der Waals surface area contributed by atoms with Gasteiger partial charge in [0.1, 0.15) is 0 Å². The molecule has 0 aliphatic carbocycles. The Balaban J connectivity index is 2.02. The lowest BCUT2D eigenvalue weighted by Gasteiger charge is -2.35. The minimum Gasteiger partial charge on any atom is -0.314 e. The van der Waals surface area contributed by atoms with Gasteiger partial charge in [-0.2, -0.15) is 0 Å². The zero-order chi connectivity index (χ0) is 14.8. The SMILES string of the molecule is Clc1ccc(C(c2ccc(Cl)s2)N2CCNCC2)c(Cl)c1. The summed E-state index contributed by atoms with van der Waals surface area (Å²) in [6, 6.07) is 9.89. The van der Waals surface area contributed by atoms with Gasteiger partial charge in [-0.3, -0.25) is 4.90 Å². The molecule has 6 heteroatoms. The van der Waals surface area contributed by atoms with Crippen LogP contribution in [0.25, 0.3) is 0 Å². The van der Waals surface area contributed by atoms with Crippen molar-refractivity contribution in [3.8, 4) is 0 Å². The summed E-state index contributed by atoms with van der Waals surface area (Å²) in [5.74, 6) is 0. The number of benzene rings is 1. The molecule has 0 amide bonds. The van der Waals surface area contributed by atoms with Gasteiger partial charge in [0, 0.05) is 41.1 Å². The average molecular weight is 362 g/mol. The summed E-state index contributed by atoms with van der Waals surface area (Å²) >= 11 is 20.2. The first-order valence-electron chi connectivity index (χ1n) is 6.80. The highest BCUT2D eigenvalue weighted by Gasteiger charge is 2.27. The number of nitrogens with one attached hydrogen (secondary N) is 1. The first kappa shape index (κ1) is 15.6. The normalized spacial score (nSPS) is 17.9. The fraction of sp³-hybridized carbons (Fsp3) is 0.333. The summed E-state index contributed by atoms with van der Waals surface area (Å²) < 4.78 is 0.801. The fourth-order valence-electron chi connectivity index (χ4n) is 2.67. The average Bonchev–Trinajstić information content (AvgIpc) is 2.89. The van der Waals surface area contributed by atoms with E-state index in [-0.39, 0.29) is 6.04 Å². The van der Waals surface area contributed by atoms with Gasteiger partial charge in [-0.15, -0.1) is 11.3 Å². The van der Waals surface area contributed by atoms with Gasteiger partial charge >= 0.3 is 0 Å². The molecule has 1 fully saturated rings. The maximum atomic E-state index is 6.45. The van der Waals surface area contributed by atoms with Crippen molar-refractivity contribution in [1.82, 2.24) is 10.2 Å². The molecule has 3 rings (SSSR count). The van der Waals surface area contributed by atoms with E-state index in [2.05, 4.69) is 16.3 Å². The number of thiophene rings is 1. The molecule has 1 aliphatic heterocycles. The maximum absolute atomic E-state index is 6.45. The molecule has 1 unspecified atom stereocenters. The van der Waals surface area contributed by atoms with E-state index in [9.17, 15) is 0 Å². The molecule has 0 bridgehead atoms. The van der Waals surface area contributed by atoms with Gasteiger partial charge < -0.3 is 5.32 Å². The minimum absolute atomic E-state index is 0.134. The Morgan fingerprint density at radius 2 is 1.81 bits per heavy atom. The Morgan fingerprint density at radius 1 is 1.05 bits per heavy atom. The minimum atomic E-state index is 0.134. The second-order valence-electron chi connectivity index (χ2n) is 5.00. The number of rotatable bonds is 3. The van der Waals surface area contributed by atoms with Crippen molar-refractivity contribution in [1.29, 1.82) is 0 Å². The lowest BCUT2D eigenvalue weighted by Crippen LogP contribution is -2.45. The third kappa shape index (κ3) is 3.55. The van der Waals surface area contributed by atoms with Crippen LogP contribution in [0, 0.1) is 0 Å². The van der Waals surface area contributed by atoms with Crippen molar-refractivity contribution in [3.63, 3.8) is 0 Å². The quantitative estimate of drug-likeness (QED) is 0.852. The van der Waals surface area contributed by atoms with Crippen LogP contribution in [0.15, 0.2) is 30.3 Å². The zero-order valence-corrected chi connectivity index (χ0v) is 14.4. The van der Waals surface area contributed by atoms with E-state index in [0.717, 1.165) is 36.1 Å². The summed E-state index contributed by atoms with van der Waals surface area (Å²) in [6.45, 7) is 3.94. The van der Waals surface area contributed by atoms with Crippen LogP contribution in [-0.4, -0.2) is 31.1 Å². The number of piperazine rings is 1. The predicted octanol–water partition coefficient (Wildman–Crippen LogP) is 4.70. The van der Waals surface area contributed by atoms with E-state index < -0.39 is 0 Å². The second-order valence-corrected chi connectivity index (χ2v) is 7.59. The smallest absolute Gasteiger partial charge is 0.0931 e. The van der Waals surface area contributed by atoms with Crippen molar-refractivity contribution in [2.45, 2.75) is 6.04 Å². The van der Waals surface area contributed by atoms with Crippen LogP contribution < -0.4 is 5.32 Å². The number of hydrogen-bond donors (Lipinski definition) is 1. The van der Waals surface area contributed by atoms with Crippen molar-refractivity contribution in [2.24, 2.45) is 0 Å². The number of halogens is 3. The van der Waals surface area contributed by atoms with E-state index in [1.54, 1.807) is 11.3 Å². The van der Waals surface area contributed by atoms with Gasteiger partial charge in [-0.1, -0.05) is 40.9 Å². The first-order chi connectivity index (χ1) is 10.1. The molecule has 112 valence electrons. The largest absolute Gasteiger partial charge is 0.314 e. The van der Waals surface area contributed by atoms with Crippen LogP contribution >= 0.6 is 46.1 Å². The molecule has 1 saturated heterocycles. The van der Waals surface area contributed by atoms with Gasteiger partial charge in [0.15, 0.2) is 0 Å². The Labute approximate surface area is 143 Å². The second kappa shape index (κ2) is 6.86. The third-order valence-corrected chi connectivity index (χ3v) is 5.48. The van der Waals surface area contributed by atoms with Crippen molar-refractivity contribution < 1.29 is 0 Å². The van der Waals surface area contributed by atoms with Crippen molar-refractivity contribution in [3.05, 3.63) is 55.2 Å². The van der Waals surface area contributed by atoms with Gasteiger partial charge in [0.2, 0.25) is 0 Å². The standard InChI is InChI=1S/C15H15Cl3N2S/c16-10-1-2-11(12(17)9-10)15(13-3-4-14(18)21-13)20-7-5-19-6-8-20/h1-4,9,15,19H,5-8H2. The molecule has 0 spiro atoms. The molecule has 0 radical (unpaired) electrons. The third-order valence-electron chi connectivity index (χ3n) is 3.64. The molecule has 1 aromatic heterocycles. The maximum Gasteiger partial charge on any atom is 0.0931 e. The Morgan fingerprint density at radius 3 is 2.43 bits per heavy atom. The molecule has 1 aliphatic rings. The molecule has 2 nitrogen and oxygen atoms in total. The van der Waals surface area contributed by atoms with Gasteiger partial charge in [0.25, 0.3) is 0 Å². The van der Waals surface area contributed by atoms with Crippen LogP contribution in [0.3, 0.4) is 0 Å². The molecule has 0 saturated carbocycles. The molecule has 1 aromatic carbocycles. The molecular weight excluding hydrogens is 347 g/mol. The predicted molar refractivity (Wildman–Crippen MR) is 92.1 cm³/mol. The molecule has 1 atom stereocenters. The summed E-state index contributed by atoms with van der Waals surface area (Å²) in [7, 11) is 0. The summed E-state index contributed by atoms with van der Waals surface area (Å²) in [4.78, 5) is 3.65. The molecule has 21 heavy (non-hydrogen) atoms. The Kier molecular flexibility index (Phi) is 5.10. The van der Waals surface area contributed by atoms with E-state index in [1.807, 2.05) is 24.3 Å². The van der Waals surface area contributed by atoms with E-state index in [0.29, 0.717) is 10.0 Å². The van der Waals surface area contributed by atoms with Gasteiger partial charge in [-0.25, -0.2) is 0 Å². The molecule has 2 aromatic rings. The van der Waals surface area contributed by atoms with E-state index >= 15 is 0 Å². The zero-order valence-electron chi connectivity index (χ0n) is 11.3. The Hall–Kier alpha value is -0.290. The van der Waals surface area contributed by atoms with Crippen molar-refractivity contribution in [2.75, 3.05) is 26.2 Å². The molecule has 2 heterocycles. The van der Waals surface area contributed by atoms with E-state index in [4.69, 9.17) is 34.8 Å². The van der Waals surface area contributed by atoms with Crippen LogP contribution in [0.2, 0.25) is 14.4 Å². The van der Waals surface area contributed by atoms with E-state index in [1.165, 1.54) is 4.88 Å². The van der Waals surface area contributed by atoms with Crippen molar-refractivity contribution >= 4 is 46.1 Å². The lowest BCUT2D eigenvalue weighted by molar-refractivity contribution is 0.201. The fourth-order valence-corrected chi connectivity index (χ4v) is 4.40. The van der Waals surface area contributed by atoms with Crippen LogP contribution in [-0.2, 0) is 0 Å². The Bertz CT molecular complexity index is 623. The van der Waals surface area contributed by atoms with Crippen LogP contribution in [0.5, 0.6) is 0 Å². The highest BCUT2D eigenvalue weighted by atomic mass is 35.5. The summed E-state index contributed by atoms with van der Waals surface area (Å²) in [6.07, 6.45) is 0. The highest BCUT2D eigenvalue weighted by Crippen LogP contribution is 2.38.